The topological polar surface area (TPSA) is 155 Å². The van der Waals surface area contributed by atoms with Gasteiger partial charge in [0.1, 0.15) is 29.5 Å². The van der Waals surface area contributed by atoms with Gasteiger partial charge in [-0.2, -0.15) is 0 Å². The van der Waals surface area contributed by atoms with Crippen LogP contribution in [0.4, 0.5) is 0 Å². The van der Waals surface area contributed by atoms with Crippen LogP contribution in [0, 0.1) is 5.92 Å². The average Bonchev–Trinajstić information content (AvgIpc) is 4.17. The van der Waals surface area contributed by atoms with Crippen molar-refractivity contribution in [3.8, 4) is 0 Å². The van der Waals surface area contributed by atoms with Crippen molar-refractivity contribution < 1.29 is 56.5 Å². The predicted octanol–water partition coefficient (Wildman–Crippen LogP) is 11.2. The van der Waals surface area contributed by atoms with Crippen molar-refractivity contribution in [1.29, 1.82) is 0 Å². The monoisotopic (exact) mass is 930 g/mol. The lowest BCUT2D eigenvalue weighted by Gasteiger charge is -2.42. The van der Waals surface area contributed by atoms with E-state index in [9.17, 15) is 19.0 Å². The lowest BCUT2D eigenvalue weighted by atomic mass is 9.68. The molecule has 3 fully saturated rings. The molecule has 0 amide bonds. The first-order valence-electron chi connectivity index (χ1n) is 25.5. The minimum atomic E-state index is -4.32. The summed E-state index contributed by atoms with van der Waals surface area (Å²) in [6, 6.07) is 0. The summed E-state index contributed by atoms with van der Waals surface area (Å²) in [5, 5.41) is 0. The van der Waals surface area contributed by atoms with Gasteiger partial charge in [-0.15, -0.1) is 0 Å². The van der Waals surface area contributed by atoms with Gasteiger partial charge in [0.25, 0.3) is 0 Å². The lowest BCUT2D eigenvalue weighted by molar-refractivity contribution is -0.172. The van der Waals surface area contributed by atoms with Crippen LogP contribution in [0.15, 0.2) is 11.6 Å². The number of unbranched alkanes of at least 4 members (excludes halogenated alkanes) is 19. The summed E-state index contributed by atoms with van der Waals surface area (Å²) in [7, 11) is 1.06. The van der Waals surface area contributed by atoms with Gasteiger partial charge in [-0.1, -0.05) is 134 Å². The highest BCUT2D eigenvalue weighted by Crippen LogP contribution is 2.59. The zero-order valence-electron chi connectivity index (χ0n) is 41.4. The number of nitrogens with zero attached hydrogens (tertiary/aromatic N) is 1. The fourth-order valence-corrected chi connectivity index (χ4v) is 9.99. The van der Waals surface area contributed by atoms with E-state index in [-0.39, 0.29) is 67.6 Å². The molecule has 0 aromatic carbocycles. The van der Waals surface area contributed by atoms with Crippen molar-refractivity contribution in [2.24, 2.45) is 5.92 Å². The number of allylic oxidation sites excluding steroid dienone is 1. The van der Waals surface area contributed by atoms with E-state index in [0.717, 1.165) is 57.8 Å². The normalized spacial score (nSPS) is 25.3. The van der Waals surface area contributed by atoms with E-state index in [0.29, 0.717) is 39.0 Å². The number of phosphoric ester groups is 1. The SMILES string of the molecule is CCCCCCCCCCCCCCCCCOCC(COP(=O)(O)OCCN(C)C)OC(=O)CCCCCCCCC(=O)OC1CC[C@]2(CO2)[C@@H]([C@@]2(C)OC2CC=C(C)C)[C@@H]1OC. The molecule has 14 heteroatoms. The van der Waals surface area contributed by atoms with E-state index in [1.54, 1.807) is 7.11 Å². The highest BCUT2D eigenvalue weighted by Gasteiger charge is 2.72. The lowest BCUT2D eigenvalue weighted by Crippen LogP contribution is -2.55. The van der Waals surface area contributed by atoms with Gasteiger partial charge in [-0.25, -0.2) is 4.57 Å². The molecule has 0 aromatic heterocycles. The van der Waals surface area contributed by atoms with E-state index in [4.69, 9.17) is 37.5 Å². The molecule has 1 aliphatic carbocycles. The van der Waals surface area contributed by atoms with Crippen molar-refractivity contribution >= 4 is 19.8 Å². The average molecular weight is 930 g/mol. The molecule has 0 radical (unpaired) electrons. The second-order valence-electron chi connectivity index (χ2n) is 19.6. The summed E-state index contributed by atoms with van der Waals surface area (Å²) in [5.41, 5.74) is 0.647. The highest BCUT2D eigenvalue weighted by atomic mass is 31.2. The molecule has 3 aliphatic rings. The number of esters is 2. The highest BCUT2D eigenvalue weighted by molar-refractivity contribution is 7.47. The molecule has 2 aliphatic heterocycles. The number of phosphoric acid groups is 1. The van der Waals surface area contributed by atoms with Gasteiger partial charge in [-0.05, 0) is 73.4 Å². The Hall–Kier alpha value is -1.41. The molecule has 3 rings (SSSR count). The molecule has 2 saturated heterocycles. The molecular weight excluding hydrogens is 838 g/mol. The summed E-state index contributed by atoms with van der Waals surface area (Å²) in [5.74, 6) is -0.584. The minimum absolute atomic E-state index is 0.00214. The van der Waals surface area contributed by atoms with Gasteiger partial charge in [0.15, 0.2) is 0 Å². The van der Waals surface area contributed by atoms with Gasteiger partial charge >= 0.3 is 19.8 Å². The number of hydrogen-bond acceptors (Lipinski definition) is 12. The number of likely N-dealkylation sites (N-methyl/N-ethyl adjacent to an activating group) is 1. The van der Waals surface area contributed by atoms with Crippen molar-refractivity contribution in [3.05, 3.63) is 11.6 Å². The molecule has 13 nitrogen and oxygen atoms in total. The summed E-state index contributed by atoms with van der Waals surface area (Å²) in [4.78, 5) is 37.8. The Bertz CT molecular complexity index is 1360. The Kier molecular flexibility index (Phi) is 28.1. The number of carbonyl (C=O) groups is 2. The van der Waals surface area contributed by atoms with Gasteiger partial charge in [0.2, 0.25) is 0 Å². The number of rotatable bonds is 40. The van der Waals surface area contributed by atoms with E-state index in [1.807, 2.05) is 19.0 Å². The van der Waals surface area contributed by atoms with E-state index in [1.165, 1.54) is 89.0 Å². The molecule has 0 aromatic rings. The zero-order chi connectivity index (χ0) is 46.7. The van der Waals surface area contributed by atoms with Crippen LogP contribution in [0.3, 0.4) is 0 Å². The minimum Gasteiger partial charge on any atom is -0.460 e. The van der Waals surface area contributed by atoms with E-state index < -0.39 is 19.9 Å². The van der Waals surface area contributed by atoms with Crippen LogP contribution in [0.2, 0.25) is 0 Å². The Morgan fingerprint density at radius 2 is 1.34 bits per heavy atom. The Labute approximate surface area is 388 Å². The van der Waals surface area contributed by atoms with Crippen LogP contribution in [0.25, 0.3) is 0 Å². The zero-order valence-corrected chi connectivity index (χ0v) is 42.3. The molecule has 0 bridgehead atoms. The third-order valence-electron chi connectivity index (χ3n) is 13.2. The number of hydrogen-bond donors (Lipinski definition) is 1. The molecule has 2 heterocycles. The third-order valence-corrected chi connectivity index (χ3v) is 14.2. The van der Waals surface area contributed by atoms with E-state index >= 15 is 0 Å². The fourth-order valence-electron chi connectivity index (χ4n) is 9.25. The van der Waals surface area contributed by atoms with Crippen molar-refractivity contribution in [2.75, 3.05) is 60.8 Å². The van der Waals surface area contributed by atoms with Crippen LogP contribution in [-0.4, -0.2) is 118 Å². The van der Waals surface area contributed by atoms with Crippen molar-refractivity contribution in [2.45, 2.75) is 230 Å². The predicted molar refractivity (Wildman–Crippen MR) is 252 cm³/mol. The van der Waals surface area contributed by atoms with Crippen LogP contribution < -0.4 is 0 Å². The first kappa shape index (κ1) is 56.9. The first-order chi connectivity index (χ1) is 30.7. The second-order valence-corrected chi connectivity index (χ2v) is 21.0. The van der Waals surface area contributed by atoms with E-state index in [2.05, 4.69) is 33.8 Å². The third kappa shape index (κ3) is 23.1. The summed E-state index contributed by atoms with van der Waals surface area (Å²) >= 11 is 0. The van der Waals surface area contributed by atoms with Crippen LogP contribution in [0.1, 0.15) is 195 Å². The van der Waals surface area contributed by atoms with Crippen molar-refractivity contribution in [1.82, 2.24) is 4.90 Å². The molecule has 4 unspecified atom stereocenters. The van der Waals surface area contributed by atoms with Crippen LogP contribution in [-0.2, 0) is 51.6 Å². The largest absolute Gasteiger partial charge is 0.472 e. The molecular formula is C50H92NO12P. The standard InChI is InChI=1S/C50H92NO12P/c1-8-9-10-11-12-13-14-15-16-17-18-19-22-25-28-36-57-38-42(39-60-64(54,55)59-37-35-51(5)6)61-45(52)29-26-23-20-21-24-27-30-46(53)62-43-33-34-50(40-58-50)48(47(43)56-7)49(4)44(63-49)32-31-41(2)3/h31,42-44,47-48H,8-30,32-40H2,1-7H3,(H,54,55)/t42?,43?,44?,47-,48-,49+,50+/m1/s1. The molecule has 64 heavy (non-hydrogen) atoms. The maximum atomic E-state index is 13.0. The molecule has 1 saturated carbocycles. The molecule has 1 spiro atoms. The molecule has 1 N–H and O–H groups in total. The van der Waals surface area contributed by atoms with Gasteiger partial charge in [0, 0.05) is 33.1 Å². The Balaban J connectivity index is 1.27. The fraction of sp³-hybridized carbons (Fsp3) is 0.920. The number of ether oxygens (including phenoxy) is 6. The maximum Gasteiger partial charge on any atom is 0.472 e. The van der Waals surface area contributed by atoms with Gasteiger partial charge in [-0.3, -0.25) is 18.6 Å². The number of methoxy groups -OCH3 is 1. The summed E-state index contributed by atoms with van der Waals surface area (Å²) in [6.45, 7) is 10.1. The van der Waals surface area contributed by atoms with Crippen LogP contribution in [0.5, 0.6) is 0 Å². The summed E-state index contributed by atoms with van der Waals surface area (Å²) in [6.07, 6.45) is 28.2. The Morgan fingerprint density at radius 1 is 0.797 bits per heavy atom. The molecule has 8 atom stereocenters. The van der Waals surface area contributed by atoms with Gasteiger partial charge in [0.05, 0.1) is 38.4 Å². The van der Waals surface area contributed by atoms with Crippen molar-refractivity contribution in [3.63, 3.8) is 0 Å². The molecule has 374 valence electrons. The second kappa shape index (κ2) is 31.6. The number of epoxide rings is 2. The van der Waals surface area contributed by atoms with Gasteiger partial charge < -0.3 is 38.2 Å². The number of carbonyl (C=O) groups excluding carboxylic acids is 2. The quantitative estimate of drug-likeness (QED) is 0.0204. The smallest absolute Gasteiger partial charge is 0.460 e. The van der Waals surface area contributed by atoms with Crippen LogP contribution >= 0.6 is 7.82 Å². The maximum absolute atomic E-state index is 13.0. The Morgan fingerprint density at radius 3 is 1.88 bits per heavy atom. The first-order valence-corrected chi connectivity index (χ1v) is 27.0. The summed E-state index contributed by atoms with van der Waals surface area (Å²) < 4.78 is 58.7.